The average molecular weight is 254 g/mol. The average Bonchev–Trinajstić information content (AvgIpc) is 2.19. The van der Waals surface area contributed by atoms with Crippen molar-refractivity contribution in [3.63, 3.8) is 0 Å². The van der Waals surface area contributed by atoms with Crippen LogP contribution in [0.4, 0.5) is 0 Å². The number of piperidine rings is 1. The molecular formula is C12H16BrN. The molecule has 0 amide bonds. The number of alkyl halides is 1. The molecule has 0 aromatic heterocycles. The van der Waals surface area contributed by atoms with Crippen LogP contribution in [0, 0.1) is 5.92 Å². The minimum absolute atomic E-state index is 0.657. The Kier molecular flexibility index (Phi) is 3.60. The molecule has 0 radical (unpaired) electrons. The van der Waals surface area contributed by atoms with Crippen LogP contribution in [0.15, 0.2) is 30.3 Å². The summed E-state index contributed by atoms with van der Waals surface area (Å²) in [5.41, 5.74) is 1.46. The Hall–Kier alpha value is -0.340. The Balaban J connectivity index is 1.91. The maximum absolute atomic E-state index is 3.68. The second-order valence-corrected chi connectivity index (χ2v) is 5.34. The van der Waals surface area contributed by atoms with Gasteiger partial charge in [-0.1, -0.05) is 46.3 Å². The van der Waals surface area contributed by atoms with Crippen LogP contribution < -0.4 is 5.32 Å². The Morgan fingerprint density at radius 2 is 2.00 bits per heavy atom. The van der Waals surface area contributed by atoms with Gasteiger partial charge >= 0.3 is 0 Å². The first-order valence-electron chi connectivity index (χ1n) is 5.23. The van der Waals surface area contributed by atoms with Crippen LogP contribution in [0.1, 0.15) is 12.0 Å². The second-order valence-electron chi connectivity index (χ2n) is 4.05. The smallest absolute Gasteiger partial charge is 0.0273 e. The SMILES string of the molecule is BrC1CNCC(Cc2ccccc2)C1. The Morgan fingerprint density at radius 3 is 2.71 bits per heavy atom. The molecule has 1 aromatic rings. The molecular weight excluding hydrogens is 238 g/mol. The van der Waals surface area contributed by atoms with Crippen molar-refractivity contribution in [3.05, 3.63) is 35.9 Å². The van der Waals surface area contributed by atoms with Gasteiger partial charge in [-0.05, 0) is 30.9 Å². The first kappa shape index (κ1) is 10.2. The van der Waals surface area contributed by atoms with Crippen LogP contribution in [-0.4, -0.2) is 17.9 Å². The molecule has 1 aromatic carbocycles. The van der Waals surface area contributed by atoms with Crippen LogP contribution in [0.5, 0.6) is 0 Å². The molecule has 0 aliphatic carbocycles. The highest BCUT2D eigenvalue weighted by Gasteiger charge is 2.19. The molecule has 1 saturated heterocycles. The van der Waals surface area contributed by atoms with E-state index in [-0.39, 0.29) is 0 Å². The standard InChI is InChI=1S/C12H16BrN/c13-12-7-11(8-14-9-12)6-10-4-2-1-3-5-10/h1-5,11-12,14H,6-9H2. The van der Waals surface area contributed by atoms with Gasteiger partial charge < -0.3 is 5.32 Å². The van der Waals surface area contributed by atoms with Crippen molar-refractivity contribution in [2.24, 2.45) is 5.92 Å². The monoisotopic (exact) mass is 253 g/mol. The van der Waals surface area contributed by atoms with E-state index in [1.54, 1.807) is 0 Å². The highest BCUT2D eigenvalue weighted by Crippen LogP contribution is 2.20. The second kappa shape index (κ2) is 4.94. The maximum atomic E-state index is 3.68. The lowest BCUT2D eigenvalue weighted by Gasteiger charge is -2.26. The number of rotatable bonds is 2. The number of hydrogen-bond acceptors (Lipinski definition) is 1. The maximum Gasteiger partial charge on any atom is 0.0273 e. The van der Waals surface area contributed by atoms with Crippen LogP contribution in [0.2, 0.25) is 0 Å². The molecule has 0 bridgehead atoms. The third-order valence-electron chi connectivity index (χ3n) is 2.76. The zero-order valence-electron chi connectivity index (χ0n) is 8.25. The third-order valence-corrected chi connectivity index (χ3v) is 3.45. The van der Waals surface area contributed by atoms with Crippen molar-refractivity contribution in [3.8, 4) is 0 Å². The molecule has 2 unspecified atom stereocenters. The van der Waals surface area contributed by atoms with Gasteiger partial charge in [-0.2, -0.15) is 0 Å². The Labute approximate surface area is 94.0 Å². The van der Waals surface area contributed by atoms with Crippen molar-refractivity contribution in [2.75, 3.05) is 13.1 Å². The van der Waals surface area contributed by atoms with Gasteiger partial charge in [0.05, 0.1) is 0 Å². The van der Waals surface area contributed by atoms with Crippen LogP contribution >= 0.6 is 15.9 Å². The molecule has 1 fully saturated rings. The minimum Gasteiger partial charge on any atom is -0.315 e. The normalized spacial score (nSPS) is 27.5. The quantitative estimate of drug-likeness (QED) is 0.800. The molecule has 1 nitrogen and oxygen atoms in total. The molecule has 2 atom stereocenters. The van der Waals surface area contributed by atoms with E-state index >= 15 is 0 Å². The fraction of sp³-hybridized carbons (Fsp3) is 0.500. The van der Waals surface area contributed by atoms with Crippen LogP contribution in [0.25, 0.3) is 0 Å². The van der Waals surface area contributed by atoms with Gasteiger partial charge in [0, 0.05) is 11.4 Å². The summed E-state index contributed by atoms with van der Waals surface area (Å²) in [6, 6.07) is 10.8. The lowest BCUT2D eigenvalue weighted by molar-refractivity contribution is 0.387. The van der Waals surface area contributed by atoms with Gasteiger partial charge in [-0.15, -0.1) is 0 Å². The number of halogens is 1. The molecule has 0 saturated carbocycles. The van der Waals surface area contributed by atoms with Crippen molar-refractivity contribution >= 4 is 15.9 Å². The highest BCUT2D eigenvalue weighted by atomic mass is 79.9. The summed E-state index contributed by atoms with van der Waals surface area (Å²) in [6.45, 7) is 2.28. The number of hydrogen-bond donors (Lipinski definition) is 1. The zero-order valence-corrected chi connectivity index (χ0v) is 9.83. The topological polar surface area (TPSA) is 12.0 Å². The predicted molar refractivity (Wildman–Crippen MR) is 63.8 cm³/mol. The molecule has 1 heterocycles. The van der Waals surface area contributed by atoms with Crippen molar-refractivity contribution in [2.45, 2.75) is 17.7 Å². The van der Waals surface area contributed by atoms with E-state index in [9.17, 15) is 0 Å². The van der Waals surface area contributed by atoms with E-state index in [4.69, 9.17) is 0 Å². The van der Waals surface area contributed by atoms with Gasteiger partial charge in [0.1, 0.15) is 0 Å². The van der Waals surface area contributed by atoms with Gasteiger partial charge in [0.25, 0.3) is 0 Å². The molecule has 1 N–H and O–H groups in total. The summed E-state index contributed by atoms with van der Waals surface area (Å²) >= 11 is 3.68. The first-order valence-corrected chi connectivity index (χ1v) is 6.15. The summed E-state index contributed by atoms with van der Waals surface area (Å²) in [5.74, 6) is 0.788. The molecule has 2 heteroatoms. The van der Waals surface area contributed by atoms with E-state index in [0.29, 0.717) is 4.83 Å². The van der Waals surface area contributed by atoms with E-state index < -0.39 is 0 Å². The highest BCUT2D eigenvalue weighted by molar-refractivity contribution is 9.09. The van der Waals surface area contributed by atoms with Crippen molar-refractivity contribution < 1.29 is 0 Å². The predicted octanol–water partition coefficient (Wildman–Crippen LogP) is 2.60. The van der Waals surface area contributed by atoms with Gasteiger partial charge in [0.2, 0.25) is 0 Å². The zero-order chi connectivity index (χ0) is 9.80. The summed E-state index contributed by atoms with van der Waals surface area (Å²) in [6.07, 6.45) is 2.50. The summed E-state index contributed by atoms with van der Waals surface area (Å²) in [4.78, 5) is 0.657. The Morgan fingerprint density at radius 1 is 1.21 bits per heavy atom. The largest absolute Gasteiger partial charge is 0.315 e. The number of nitrogens with one attached hydrogen (secondary N) is 1. The first-order chi connectivity index (χ1) is 6.84. The van der Waals surface area contributed by atoms with Gasteiger partial charge in [-0.25, -0.2) is 0 Å². The van der Waals surface area contributed by atoms with E-state index in [0.717, 1.165) is 19.0 Å². The lowest BCUT2D eigenvalue weighted by Crippen LogP contribution is -2.37. The van der Waals surface area contributed by atoms with E-state index in [1.165, 1.54) is 18.4 Å². The molecule has 76 valence electrons. The van der Waals surface area contributed by atoms with Crippen molar-refractivity contribution in [1.29, 1.82) is 0 Å². The van der Waals surface area contributed by atoms with E-state index in [1.807, 2.05) is 0 Å². The molecule has 14 heavy (non-hydrogen) atoms. The third kappa shape index (κ3) is 2.82. The number of benzene rings is 1. The Bertz CT molecular complexity index is 273. The van der Waals surface area contributed by atoms with Crippen molar-refractivity contribution in [1.82, 2.24) is 5.32 Å². The summed E-state index contributed by atoms with van der Waals surface area (Å²) in [5, 5.41) is 3.46. The molecule has 2 rings (SSSR count). The summed E-state index contributed by atoms with van der Waals surface area (Å²) in [7, 11) is 0. The van der Waals surface area contributed by atoms with Crippen LogP contribution in [0.3, 0.4) is 0 Å². The fourth-order valence-electron chi connectivity index (χ4n) is 2.08. The fourth-order valence-corrected chi connectivity index (χ4v) is 2.83. The molecule has 0 spiro atoms. The molecule has 1 aliphatic rings. The minimum atomic E-state index is 0.657. The summed E-state index contributed by atoms with van der Waals surface area (Å²) < 4.78 is 0. The lowest BCUT2D eigenvalue weighted by atomic mass is 9.92. The van der Waals surface area contributed by atoms with Gasteiger partial charge in [-0.3, -0.25) is 0 Å². The van der Waals surface area contributed by atoms with Gasteiger partial charge in [0.15, 0.2) is 0 Å². The molecule has 1 aliphatic heterocycles. The van der Waals surface area contributed by atoms with E-state index in [2.05, 4.69) is 51.6 Å². The van der Waals surface area contributed by atoms with Crippen LogP contribution in [-0.2, 0) is 6.42 Å².